The van der Waals surface area contributed by atoms with Crippen LogP contribution in [0.2, 0.25) is 0 Å². The molecule has 0 aliphatic heterocycles. The lowest BCUT2D eigenvalue weighted by atomic mass is 10.2. The lowest BCUT2D eigenvalue weighted by molar-refractivity contribution is 0.598. The second-order valence-corrected chi connectivity index (χ2v) is 5.73. The number of rotatable bonds is 4. The molecule has 0 fully saturated rings. The van der Waals surface area contributed by atoms with E-state index in [4.69, 9.17) is 10.9 Å². The van der Waals surface area contributed by atoms with Crippen molar-refractivity contribution in [2.45, 2.75) is 17.9 Å². The smallest absolute Gasteiger partial charge is 0.240 e. The maximum Gasteiger partial charge on any atom is 0.240 e. The molecule has 6 N–H and O–H groups in total. The molecule has 1 heterocycles. The van der Waals surface area contributed by atoms with Gasteiger partial charge in [0.1, 0.15) is 4.90 Å². The second kappa shape index (κ2) is 4.90. The van der Waals surface area contributed by atoms with E-state index in [-0.39, 0.29) is 16.6 Å². The number of sulfonamides is 1. The average Bonchev–Trinajstić information content (AvgIpc) is 2.80. The van der Waals surface area contributed by atoms with Crippen LogP contribution < -0.4 is 16.2 Å². The normalized spacial score (nSPS) is 13.2. The predicted octanol–water partition coefficient (Wildman–Crippen LogP) is 0.812. The molecule has 1 atom stereocenters. The minimum atomic E-state index is -3.79. The summed E-state index contributed by atoms with van der Waals surface area (Å²) in [6.07, 6.45) is 3.49. The van der Waals surface area contributed by atoms with Crippen LogP contribution in [0.25, 0.3) is 0 Å². The maximum absolute atomic E-state index is 11.2. The molecule has 0 aliphatic carbocycles. The van der Waals surface area contributed by atoms with Crippen LogP contribution in [0.15, 0.2) is 35.5 Å². The second-order valence-electron chi connectivity index (χ2n) is 4.20. The quantitative estimate of drug-likeness (QED) is 0.617. The Hall–Kier alpha value is -2.06. The number of anilines is 2. The summed E-state index contributed by atoms with van der Waals surface area (Å²) < 4.78 is 22.5. The monoisotopic (exact) mass is 281 g/mol. The minimum Gasteiger partial charge on any atom is -0.398 e. The summed E-state index contributed by atoms with van der Waals surface area (Å²) in [5.74, 6) is 0. The lowest BCUT2D eigenvalue weighted by Gasteiger charge is -2.14. The number of aromatic amines is 1. The van der Waals surface area contributed by atoms with Crippen LogP contribution in [0.1, 0.15) is 18.5 Å². The largest absolute Gasteiger partial charge is 0.398 e. The minimum absolute atomic E-state index is 0.0125. The Morgan fingerprint density at radius 3 is 2.68 bits per heavy atom. The number of nitrogen functional groups attached to an aromatic ring is 1. The fourth-order valence-electron chi connectivity index (χ4n) is 1.73. The zero-order chi connectivity index (χ0) is 14.0. The molecule has 2 rings (SSSR count). The summed E-state index contributed by atoms with van der Waals surface area (Å²) in [7, 11) is -3.79. The highest BCUT2D eigenvalue weighted by atomic mass is 32.2. The van der Waals surface area contributed by atoms with Crippen molar-refractivity contribution in [3.05, 3.63) is 36.2 Å². The van der Waals surface area contributed by atoms with E-state index in [1.807, 2.05) is 6.92 Å². The molecule has 2 aromatic rings. The fourth-order valence-corrected chi connectivity index (χ4v) is 2.37. The summed E-state index contributed by atoms with van der Waals surface area (Å²) in [6, 6.07) is 4.55. The Morgan fingerprint density at radius 2 is 2.16 bits per heavy atom. The molecule has 0 bridgehead atoms. The van der Waals surface area contributed by atoms with Gasteiger partial charge >= 0.3 is 0 Å². The first-order chi connectivity index (χ1) is 8.88. The molecular weight excluding hydrogens is 266 g/mol. The van der Waals surface area contributed by atoms with Crippen LogP contribution in [0.3, 0.4) is 0 Å². The number of benzene rings is 1. The zero-order valence-corrected chi connectivity index (χ0v) is 11.1. The molecule has 1 unspecified atom stereocenters. The summed E-state index contributed by atoms with van der Waals surface area (Å²) >= 11 is 0. The molecule has 0 saturated carbocycles. The first-order valence-electron chi connectivity index (χ1n) is 5.55. The number of primary sulfonamides is 1. The number of hydrogen-bond donors (Lipinski definition) is 4. The SMILES string of the molecule is CC(Nc1ccc(S(N)(=O)=O)c(N)c1)c1cn[nH]c1. The molecule has 0 saturated heterocycles. The number of nitrogens with two attached hydrogens (primary N) is 2. The van der Waals surface area contributed by atoms with E-state index < -0.39 is 10.0 Å². The average molecular weight is 281 g/mol. The van der Waals surface area contributed by atoms with Crippen LogP contribution in [-0.2, 0) is 10.0 Å². The standard InChI is InChI=1S/C11H15N5O2S/c1-7(8-5-14-15-6-8)16-9-2-3-11(10(12)4-9)19(13,17)18/h2-7,16H,12H2,1H3,(H,14,15)(H2,13,17,18). The van der Waals surface area contributed by atoms with Gasteiger partial charge < -0.3 is 11.1 Å². The highest BCUT2D eigenvalue weighted by Gasteiger charge is 2.13. The molecule has 1 aromatic heterocycles. The molecule has 102 valence electrons. The van der Waals surface area contributed by atoms with Crippen LogP contribution in [0, 0.1) is 0 Å². The summed E-state index contributed by atoms with van der Waals surface area (Å²) in [4.78, 5) is -0.0750. The van der Waals surface area contributed by atoms with Gasteiger partial charge in [0.15, 0.2) is 0 Å². The van der Waals surface area contributed by atoms with Crippen LogP contribution in [-0.4, -0.2) is 18.6 Å². The maximum atomic E-state index is 11.2. The van der Waals surface area contributed by atoms with Crippen LogP contribution in [0.5, 0.6) is 0 Å². The number of hydrogen-bond acceptors (Lipinski definition) is 5. The Labute approximate surface area is 111 Å². The molecule has 0 spiro atoms. The van der Waals surface area contributed by atoms with Gasteiger partial charge in [-0.1, -0.05) is 0 Å². The van der Waals surface area contributed by atoms with Crippen molar-refractivity contribution >= 4 is 21.4 Å². The lowest BCUT2D eigenvalue weighted by Crippen LogP contribution is -2.14. The fraction of sp³-hybridized carbons (Fsp3) is 0.182. The third-order valence-electron chi connectivity index (χ3n) is 2.72. The predicted molar refractivity (Wildman–Crippen MR) is 72.9 cm³/mol. The van der Waals surface area contributed by atoms with E-state index in [1.54, 1.807) is 18.5 Å². The van der Waals surface area contributed by atoms with Crippen molar-refractivity contribution in [3.8, 4) is 0 Å². The van der Waals surface area contributed by atoms with Gasteiger partial charge in [-0.05, 0) is 25.1 Å². The van der Waals surface area contributed by atoms with Gasteiger partial charge in [0.2, 0.25) is 10.0 Å². The highest BCUT2D eigenvalue weighted by Crippen LogP contribution is 2.24. The summed E-state index contributed by atoms with van der Waals surface area (Å²) in [5, 5.41) is 14.8. The van der Waals surface area contributed by atoms with E-state index >= 15 is 0 Å². The molecular formula is C11H15N5O2S. The first-order valence-corrected chi connectivity index (χ1v) is 7.10. The number of nitrogens with one attached hydrogen (secondary N) is 2. The van der Waals surface area contributed by atoms with E-state index in [0.717, 1.165) is 5.56 Å². The molecule has 0 amide bonds. The zero-order valence-electron chi connectivity index (χ0n) is 10.3. The third-order valence-corrected chi connectivity index (χ3v) is 3.70. The first kappa shape index (κ1) is 13.4. The van der Waals surface area contributed by atoms with Crippen LogP contribution >= 0.6 is 0 Å². The summed E-state index contributed by atoms with van der Waals surface area (Å²) in [5.41, 5.74) is 7.49. The van der Waals surface area contributed by atoms with Crippen molar-refractivity contribution in [3.63, 3.8) is 0 Å². The molecule has 0 radical (unpaired) electrons. The van der Waals surface area contributed by atoms with E-state index in [1.165, 1.54) is 12.1 Å². The van der Waals surface area contributed by atoms with Gasteiger partial charge in [-0.3, -0.25) is 5.10 Å². The van der Waals surface area contributed by atoms with Gasteiger partial charge in [-0.25, -0.2) is 13.6 Å². The molecule has 1 aromatic carbocycles. The van der Waals surface area contributed by atoms with Gasteiger partial charge in [0.25, 0.3) is 0 Å². The van der Waals surface area contributed by atoms with Crippen molar-refractivity contribution < 1.29 is 8.42 Å². The van der Waals surface area contributed by atoms with Gasteiger partial charge in [-0.15, -0.1) is 0 Å². The summed E-state index contributed by atoms with van der Waals surface area (Å²) in [6.45, 7) is 1.95. The highest BCUT2D eigenvalue weighted by molar-refractivity contribution is 7.89. The van der Waals surface area contributed by atoms with Crippen LogP contribution in [0.4, 0.5) is 11.4 Å². The van der Waals surface area contributed by atoms with E-state index in [0.29, 0.717) is 5.69 Å². The molecule has 19 heavy (non-hydrogen) atoms. The molecule has 0 aliphatic rings. The van der Waals surface area contributed by atoms with Gasteiger partial charge in [-0.2, -0.15) is 5.10 Å². The third kappa shape index (κ3) is 3.04. The van der Waals surface area contributed by atoms with Crippen molar-refractivity contribution in [1.29, 1.82) is 0 Å². The van der Waals surface area contributed by atoms with Gasteiger partial charge in [0, 0.05) is 17.4 Å². The molecule has 7 nitrogen and oxygen atoms in total. The van der Waals surface area contributed by atoms with E-state index in [9.17, 15) is 8.42 Å². The van der Waals surface area contributed by atoms with Crippen molar-refractivity contribution in [2.24, 2.45) is 5.14 Å². The van der Waals surface area contributed by atoms with Crippen molar-refractivity contribution in [2.75, 3.05) is 11.1 Å². The van der Waals surface area contributed by atoms with Crippen molar-refractivity contribution in [1.82, 2.24) is 10.2 Å². The Morgan fingerprint density at radius 1 is 1.42 bits per heavy atom. The topological polar surface area (TPSA) is 127 Å². The Bertz CT molecular complexity index is 666. The Kier molecular flexibility index (Phi) is 3.45. The number of aromatic nitrogens is 2. The molecule has 8 heteroatoms. The Balaban J connectivity index is 2.22. The van der Waals surface area contributed by atoms with E-state index in [2.05, 4.69) is 15.5 Å². The number of H-pyrrole nitrogens is 1. The van der Waals surface area contributed by atoms with Gasteiger partial charge in [0.05, 0.1) is 17.9 Å². The number of nitrogens with zero attached hydrogens (tertiary/aromatic N) is 1.